The number of hydrogen-bond donors (Lipinski definition) is 2. The molecule has 1 heterocycles. The maximum atomic E-state index is 14.0. The molecule has 5 nitrogen and oxygen atoms in total. The number of aliphatic hydroxyl groups is 1. The van der Waals surface area contributed by atoms with Crippen molar-refractivity contribution < 1.29 is 19.4 Å². The fourth-order valence-corrected chi connectivity index (χ4v) is 6.10. The van der Waals surface area contributed by atoms with Gasteiger partial charge in [-0.1, -0.05) is 44.1 Å². The minimum absolute atomic E-state index is 0.0210. The largest absolute Gasteiger partial charge is 0.390 e. The van der Waals surface area contributed by atoms with Gasteiger partial charge in [-0.05, 0) is 51.4 Å². The molecule has 5 heteroatoms. The average molecular weight is 418 g/mol. The second-order valence-electron chi connectivity index (χ2n) is 10.2. The maximum absolute atomic E-state index is 14.0. The molecule has 168 valence electrons. The number of ketones is 1. The van der Waals surface area contributed by atoms with E-state index in [1.165, 1.54) is 11.1 Å². The van der Waals surface area contributed by atoms with Gasteiger partial charge < -0.3 is 15.2 Å². The Morgan fingerprint density at radius 1 is 1.27 bits per heavy atom. The zero-order valence-corrected chi connectivity index (χ0v) is 19.4. The van der Waals surface area contributed by atoms with Crippen molar-refractivity contribution in [3.8, 4) is 0 Å². The first-order valence-electron chi connectivity index (χ1n) is 11.5. The molecule has 1 fully saturated rings. The maximum Gasteiger partial charge on any atom is 0.235 e. The quantitative estimate of drug-likeness (QED) is 0.541. The molecular formula is C25H39NO4. The van der Waals surface area contributed by atoms with Crippen LogP contribution in [0.1, 0.15) is 66.7 Å². The number of carbonyl (C=O) groups excluding carboxylic acids is 2. The van der Waals surface area contributed by atoms with Gasteiger partial charge in [-0.2, -0.15) is 0 Å². The second kappa shape index (κ2) is 8.96. The number of allylic oxidation sites excluding steroid dienone is 4. The average Bonchev–Trinajstić information content (AvgIpc) is 2.94. The smallest absolute Gasteiger partial charge is 0.235 e. The Bertz CT molecular complexity index is 739. The summed E-state index contributed by atoms with van der Waals surface area (Å²) in [6.45, 7) is 10.7. The topological polar surface area (TPSA) is 75.6 Å². The zero-order valence-electron chi connectivity index (χ0n) is 19.4. The van der Waals surface area contributed by atoms with Crippen molar-refractivity contribution in [2.75, 3.05) is 7.11 Å². The number of nitrogens with one attached hydrogen (secondary N) is 1. The number of amides is 1. The lowest BCUT2D eigenvalue weighted by Gasteiger charge is -2.45. The third-order valence-corrected chi connectivity index (χ3v) is 7.72. The predicted molar refractivity (Wildman–Crippen MR) is 118 cm³/mol. The summed E-state index contributed by atoms with van der Waals surface area (Å²) >= 11 is 0. The van der Waals surface area contributed by atoms with E-state index in [-0.39, 0.29) is 41.9 Å². The zero-order chi connectivity index (χ0) is 22.2. The van der Waals surface area contributed by atoms with Gasteiger partial charge in [-0.15, -0.1) is 0 Å². The standard InChI is InChI=1S/C25H39NO4/c1-14(2)10-19-23-17(5)16(4)12-18-11-15(3)8-7-9-20(27)21(30-6)13-22(28)25(18,23)24(29)26-19/h11-12,14,17-21,23,27H,7-10,13H2,1-6H3,(H,26,29)/b15-11+/t17-,18-,19-,20-,21+,23-,25+/m0/s1. The van der Waals surface area contributed by atoms with Gasteiger partial charge in [-0.3, -0.25) is 9.59 Å². The van der Waals surface area contributed by atoms with Crippen LogP contribution in [-0.2, 0) is 14.3 Å². The van der Waals surface area contributed by atoms with E-state index in [9.17, 15) is 14.7 Å². The summed E-state index contributed by atoms with van der Waals surface area (Å²) in [6.07, 6.45) is 6.21. The van der Waals surface area contributed by atoms with Crippen LogP contribution in [-0.4, -0.2) is 42.2 Å². The molecule has 0 saturated carbocycles. The summed E-state index contributed by atoms with van der Waals surface area (Å²) in [5, 5.41) is 13.9. The van der Waals surface area contributed by atoms with Crippen molar-refractivity contribution in [1.82, 2.24) is 5.32 Å². The van der Waals surface area contributed by atoms with Crippen LogP contribution in [0, 0.1) is 29.1 Å². The Balaban J connectivity index is 2.18. The summed E-state index contributed by atoms with van der Waals surface area (Å²) < 4.78 is 5.54. The molecule has 7 atom stereocenters. The SMILES string of the molecule is CO[C@@H]1CC(=O)[C@@]23C(=O)N[C@@H](CC(C)C)[C@@H]2[C@@H](C)C(C)=C[C@@H]3/C=C(\C)CCC[C@@H]1O. The van der Waals surface area contributed by atoms with Gasteiger partial charge in [0.25, 0.3) is 0 Å². The van der Waals surface area contributed by atoms with Crippen molar-refractivity contribution in [3.05, 3.63) is 23.3 Å². The van der Waals surface area contributed by atoms with Crippen LogP contribution < -0.4 is 5.32 Å². The van der Waals surface area contributed by atoms with Gasteiger partial charge in [0.05, 0.1) is 12.2 Å². The van der Waals surface area contributed by atoms with E-state index in [0.29, 0.717) is 12.3 Å². The van der Waals surface area contributed by atoms with Gasteiger partial charge in [0.1, 0.15) is 5.41 Å². The highest BCUT2D eigenvalue weighted by molar-refractivity contribution is 6.09. The third-order valence-electron chi connectivity index (χ3n) is 7.72. The second-order valence-corrected chi connectivity index (χ2v) is 10.2. The van der Waals surface area contributed by atoms with Gasteiger partial charge >= 0.3 is 0 Å². The fraction of sp³-hybridized carbons (Fsp3) is 0.760. The Morgan fingerprint density at radius 3 is 2.60 bits per heavy atom. The summed E-state index contributed by atoms with van der Waals surface area (Å²) in [6, 6.07) is -0.0210. The molecule has 1 amide bonds. The molecule has 30 heavy (non-hydrogen) atoms. The van der Waals surface area contributed by atoms with Crippen molar-refractivity contribution in [1.29, 1.82) is 0 Å². The van der Waals surface area contributed by atoms with Gasteiger partial charge in [0.15, 0.2) is 5.78 Å². The molecule has 1 aliphatic heterocycles. The normalized spacial score (nSPS) is 41.9. The number of carbonyl (C=O) groups is 2. The highest BCUT2D eigenvalue weighted by Gasteiger charge is 2.65. The van der Waals surface area contributed by atoms with E-state index in [1.54, 1.807) is 7.11 Å². The molecule has 1 spiro atoms. The van der Waals surface area contributed by atoms with Crippen LogP contribution in [0.15, 0.2) is 23.3 Å². The number of Topliss-reactive ketones (excluding diaryl/α,β-unsaturated/α-hetero) is 1. The fourth-order valence-electron chi connectivity index (χ4n) is 6.10. The molecule has 0 radical (unpaired) electrons. The third kappa shape index (κ3) is 3.91. The lowest BCUT2D eigenvalue weighted by molar-refractivity contribution is -0.148. The molecule has 1 saturated heterocycles. The molecule has 0 aromatic carbocycles. The molecular weight excluding hydrogens is 378 g/mol. The van der Waals surface area contributed by atoms with Gasteiger partial charge in [-0.25, -0.2) is 0 Å². The van der Waals surface area contributed by atoms with Crippen LogP contribution in [0.25, 0.3) is 0 Å². The first-order valence-corrected chi connectivity index (χ1v) is 11.5. The Morgan fingerprint density at radius 2 is 1.97 bits per heavy atom. The summed E-state index contributed by atoms with van der Waals surface area (Å²) in [7, 11) is 1.54. The van der Waals surface area contributed by atoms with Crippen LogP contribution in [0.5, 0.6) is 0 Å². The van der Waals surface area contributed by atoms with E-state index in [4.69, 9.17) is 4.74 Å². The first-order chi connectivity index (χ1) is 14.1. The van der Waals surface area contributed by atoms with Crippen LogP contribution in [0.3, 0.4) is 0 Å². The molecule has 2 aliphatic carbocycles. The van der Waals surface area contributed by atoms with Gasteiger partial charge in [0.2, 0.25) is 5.91 Å². The lowest BCUT2D eigenvalue weighted by atomic mass is 9.54. The molecule has 0 aromatic rings. The molecule has 0 unspecified atom stereocenters. The van der Waals surface area contributed by atoms with E-state index in [2.05, 4.69) is 52.1 Å². The molecule has 2 N–H and O–H groups in total. The summed E-state index contributed by atoms with van der Waals surface area (Å²) in [5.74, 6) is -0.0146. The number of ether oxygens (including phenoxy) is 1. The molecule has 0 bridgehead atoms. The van der Waals surface area contributed by atoms with Crippen LogP contribution >= 0.6 is 0 Å². The molecule has 3 aliphatic rings. The summed E-state index contributed by atoms with van der Waals surface area (Å²) in [5.41, 5.74) is 1.30. The first kappa shape index (κ1) is 23.2. The van der Waals surface area contributed by atoms with Crippen molar-refractivity contribution in [2.24, 2.45) is 29.1 Å². The minimum Gasteiger partial charge on any atom is -0.390 e. The van der Waals surface area contributed by atoms with E-state index in [0.717, 1.165) is 19.3 Å². The Hall–Kier alpha value is -1.46. The monoisotopic (exact) mass is 417 g/mol. The van der Waals surface area contributed by atoms with Crippen LogP contribution in [0.4, 0.5) is 0 Å². The van der Waals surface area contributed by atoms with Gasteiger partial charge in [0, 0.05) is 31.4 Å². The van der Waals surface area contributed by atoms with Crippen molar-refractivity contribution in [2.45, 2.75) is 85.0 Å². The lowest BCUT2D eigenvalue weighted by Crippen LogP contribution is -2.53. The Labute approximate surface area is 181 Å². The Kier molecular flexibility index (Phi) is 6.93. The van der Waals surface area contributed by atoms with E-state index >= 15 is 0 Å². The number of hydrogen-bond acceptors (Lipinski definition) is 4. The van der Waals surface area contributed by atoms with Crippen LogP contribution in [0.2, 0.25) is 0 Å². The summed E-state index contributed by atoms with van der Waals surface area (Å²) in [4.78, 5) is 27.6. The predicted octanol–water partition coefficient (Wildman–Crippen LogP) is 3.81. The molecule has 3 rings (SSSR count). The highest BCUT2D eigenvalue weighted by atomic mass is 16.5. The number of methoxy groups -OCH3 is 1. The number of rotatable bonds is 3. The number of aliphatic hydroxyl groups excluding tert-OH is 1. The van der Waals surface area contributed by atoms with E-state index in [1.807, 2.05) is 0 Å². The molecule has 0 aromatic heterocycles. The van der Waals surface area contributed by atoms with Crippen molar-refractivity contribution >= 4 is 11.7 Å². The van der Waals surface area contributed by atoms with E-state index < -0.39 is 17.6 Å². The minimum atomic E-state index is -1.12. The van der Waals surface area contributed by atoms with Crippen molar-refractivity contribution in [3.63, 3.8) is 0 Å². The highest BCUT2D eigenvalue weighted by Crippen LogP contribution is 2.55.